The minimum absolute atomic E-state index is 0.214. The Morgan fingerprint density at radius 1 is 1.25 bits per heavy atom. The molecule has 1 aromatic carbocycles. The summed E-state index contributed by atoms with van der Waals surface area (Å²) < 4.78 is 1.15. The maximum atomic E-state index is 5.89. The van der Waals surface area contributed by atoms with Gasteiger partial charge in [0, 0.05) is 14.4 Å². The van der Waals surface area contributed by atoms with Gasteiger partial charge in [-0.3, -0.25) is 0 Å². The smallest absolute Gasteiger partial charge is 0.0680 e. The molecule has 1 heterocycles. The van der Waals surface area contributed by atoms with Crippen LogP contribution in [0.2, 0.25) is 5.02 Å². The summed E-state index contributed by atoms with van der Waals surface area (Å²) in [7, 11) is 1.96. The van der Waals surface area contributed by atoms with E-state index in [9.17, 15) is 0 Å². The number of hydrogen-bond acceptors (Lipinski definition) is 2. The molecule has 2 rings (SSSR count). The topological polar surface area (TPSA) is 12.0 Å². The average Bonchev–Trinajstić information content (AvgIpc) is 2.69. The lowest BCUT2D eigenvalue weighted by atomic mass is 10.1. The summed E-state index contributed by atoms with van der Waals surface area (Å²) in [6.45, 7) is 0. The number of benzene rings is 1. The van der Waals surface area contributed by atoms with Gasteiger partial charge in [0.25, 0.3) is 0 Å². The molecule has 0 aliphatic heterocycles. The van der Waals surface area contributed by atoms with Gasteiger partial charge in [0.15, 0.2) is 0 Å². The summed E-state index contributed by atoms with van der Waals surface area (Å²) in [6.07, 6.45) is 0. The molecule has 0 saturated heterocycles. The van der Waals surface area contributed by atoms with Crippen LogP contribution in [0, 0.1) is 0 Å². The molecular formula is C12H11BrClNS. The van der Waals surface area contributed by atoms with Gasteiger partial charge in [-0.15, -0.1) is 11.3 Å². The van der Waals surface area contributed by atoms with Crippen molar-refractivity contribution in [3.8, 4) is 0 Å². The summed E-state index contributed by atoms with van der Waals surface area (Å²) in [5.74, 6) is 0. The highest BCUT2D eigenvalue weighted by atomic mass is 79.9. The summed E-state index contributed by atoms with van der Waals surface area (Å²) in [6, 6.07) is 10.2. The first-order chi connectivity index (χ1) is 7.72. The Kier molecular flexibility index (Phi) is 4.03. The third-order valence-corrected chi connectivity index (χ3v) is 4.59. The lowest BCUT2D eigenvalue weighted by Crippen LogP contribution is -2.16. The second-order valence-corrected chi connectivity index (χ2v) is 5.64. The van der Waals surface area contributed by atoms with Crippen molar-refractivity contribution in [3.05, 3.63) is 55.6 Å². The minimum Gasteiger partial charge on any atom is -0.309 e. The van der Waals surface area contributed by atoms with Crippen molar-refractivity contribution in [2.75, 3.05) is 7.05 Å². The SMILES string of the molecule is CNC(c1ccc(Cl)cc1)c1sccc1Br. The van der Waals surface area contributed by atoms with Crippen molar-refractivity contribution < 1.29 is 0 Å². The molecule has 1 aromatic heterocycles. The summed E-state index contributed by atoms with van der Waals surface area (Å²) >= 11 is 11.2. The van der Waals surface area contributed by atoms with Gasteiger partial charge in [-0.2, -0.15) is 0 Å². The second-order valence-electron chi connectivity index (χ2n) is 3.41. The zero-order chi connectivity index (χ0) is 11.5. The van der Waals surface area contributed by atoms with Crippen LogP contribution >= 0.6 is 38.9 Å². The molecule has 0 radical (unpaired) electrons. The lowest BCUT2D eigenvalue weighted by molar-refractivity contribution is 0.701. The number of thiophene rings is 1. The fourth-order valence-electron chi connectivity index (χ4n) is 1.62. The molecule has 1 N–H and O–H groups in total. The fourth-order valence-corrected chi connectivity index (χ4v) is 3.48. The molecule has 0 spiro atoms. The first-order valence-corrected chi connectivity index (χ1v) is 6.93. The van der Waals surface area contributed by atoms with Gasteiger partial charge in [-0.05, 0) is 52.1 Å². The molecular weight excluding hydrogens is 306 g/mol. The molecule has 1 nitrogen and oxygen atoms in total. The predicted octanol–water partition coefficient (Wildman–Crippen LogP) is 4.47. The maximum Gasteiger partial charge on any atom is 0.0680 e. The van der Waals surface area contributed by atoms with Gasteiger partial charge in [0.05, 0.1) is 6.04 Å². The standard InChI is InChI=1S/C12H11BrClNS/c1-15-11(12-10(13)6-7-16-12)8-2-4-9(14)5-3-8/h2-7,11,15H,1H3. The highest BCUT2D eigenvalue weighted by molar-refractivity contribution is 9.10. The molecule has 2 aromatic rings. The molecule has 84 valence electrons. The first-order valence-electron chi connectivity index (χ1n) is 4.88. The van der Waals surface area contributed by atoms with E-state index in [2.05, 4.69) is 44.8 Å². The quantitative estimate of drug-likeness (QED) is 0.881. The van der Waals surface area contributed by atoms with Crippen LogP contribution < -0.4 is 5.32 Å². The summed E-state index contributed by atoms with van der Waals surface area (Å²) in [5, 5.41) is 6.17. The zero-order valence-corrected chi connectivity index (χ0v) is 11.9. The number of nitrogens with one attached hydrogen (secondary N) is 1. The van der Waals surface area contributed by atoms with E-state index in [1.165, 1.54) is 10.4 Å². The second kappa shape index (κ2) is 5.32. The molecule has 0 aliphatic carbocycles. The van der Waals surface area contributed by atoms with E-state index < -0.39 is 0 Å². The molecule has 0 aliphatic rings. The third-order valence-electron chi connectivity index (χ3n) is 2.40. The Morgan fingerprint density at radius 3 is 2.44 bits per heavy atom. The van der Waals surface area contributed by atoms with Crippen LogP contribution in [-0.4, -0.2) is 7.05 Å². The monoisotopic (exact) mass is 315 g/mol. The minimum atomic E-state index is 0.214. The lowest BCUT2D eigenvalue weighted by Gasteiger charge is -2.15. The molecule has 0 saturated carbocycles. The number of halogens is 2. The fraction of sp³-hybridized carbons (Fsp3) is 0.167. The average molecular weight is 317 g/mol. The summed E-state index contributed by atoms with van der Waals surface area (Å²) in [4.78, 5) is 1.28. The number of hydrogen-bond donors (Lipinski definition) is 1. The number of rotatable bonds is 3. The van der Waals surface area contributed by atoms with Crippen LogP contribution in [0.15, 0.2) is 40.2 Å². The van der Waals surface area contributed by atoms with Crippen molar-refractivity contribution in [3.63, 3.8) is 0 Å². The van der Waals surface area contributed by atoms with Crippen molar-refractivity contribution in [2.45, 2.75) is 6.04 Å². The van der Waals surface area contributed by atoms with Gasteiger partial charge >= 0.3 is 0 Å². The van der Waals surface area contributed by atoms with Crippen LogP contribution in [0.3, 0.4) is 0 Å². The Labute approximate surface area is 113 Å². The van der Waals surface area contributed by atoms with Gasteiger partial charge in [0.2, 0.25) is 0 Å². The Bertz CT molecular complexity index is 466. The normalized spacial score (nSPS) is 12.7. The van der Waals surface area contributed by atoms with Gasteiger partial charge in [0.1, 0.15) is 0 Å². The van der Waals surface area contributed by atoms with Crippen molar-refractivity contribution >= 4 is 38.9 Å². The van der Waals surface area contributed by atoms with Crippen molar-refractivity contribution in [2.24, 2.45) is 0 Å². The van der Waals surface area contributed by atoms with Crippen LogP contribution in [-0.2, 0) is 0 Å². The highest BCUT2D eigenvalue weighted by Gasteiger charge is 2.15. The van der Waals surface area contributed by atoms with Crippen LogP contribution in [0.4, 0.5) is 0 Å². The van der Waals surface area contributed by atoms with E-state index >= 15 is 0 Å². The Morgan fingerprint density at radius 2 is 1.94 bits per heavy atom. The van der Waals surface area contributed by atoms with Crippen LogP contribution in [0.1, 0.15) is 16.5 Å². The van der Waals surface area contributed by atoms with Gasteiger partial charge in [-0.25, -0.2) is 0 Å². The van der Waals surface area contributed by atoms with Gasteiger partial charge < -0.3 is 5.32 Å². The maximum absolute atomic E-state index is 5.89. The molecule has 0 bridgehead atoms. The summed E-state index contributed by atoms with van der Waals surface area (Å²) in [5.41, 5.74) is 1.22. The first kappa shape index (κ1) is 12.1. The third kappa shape index (κ3) is 2.48. The Balaban J connectivity index is 2.37. The molecule has 1 unspecified atom stereocenters. The zero-order valence-electron chi connectivity index (χ0n) is 8.71. The van der Waals surface area contributed by atoms with E-state index in [-0.39, 0.29) is 6.04 Å². The van der Waals surface area contributed by atoms with Crippen LogP contribution in [0.25, 0.3) is 0 Å². The van der Waals surface area contributed by atoms with E-state index in [1.54, 1.807) is 11.3 Å². The van der Waals surface area contributed by atoms with Crippen molar-refractivity contribution in [1.29, 1.82) is 0 Å². The molecule has 0 amide bonds. The predicted molar refractivity (Wildman–Crippen MR) is 74.4 cm³/mol. The van der Waals surface area contributed by atoms with Gasteiger partial charge in [-0.1, -0.05) is 23.7 Å². The molecule has 1 atom stereocenters. The highest BCUT2D eigenvalue weighted by Crippen LogP contribution is 2.33. The van der Waals surface area contributed by atoms with E-state index in [0.29, 0.717) is 0 Å². The molecule has 0 fully saturated rings. The Hall–Kier alpha value is -0.350. The molecule has 4 heteroatoms. The van der Waals surface area contributed by atoms with E-state index in [4.69, 9.17) is 11.6 Å². The van der Waals surface area contributed by atoms with Crippen LogP contribution in [0.5, 0.6) is 0 Å². The van der Waals surface area contributed by atoms with E-state index in [0.717, 1.165) is 9.50 Å². The molecule has 16 heavy (non-hydrogen) atoms. The largest absolute Gasteiger partial charge is 0.309 e. The van der Waals surface area contributed by atoms with Crippen molar-refractivity contribution in [1.82, 2.24) is 5.32 Å². The van der Waals surface area contributed by atoms with E-state index in [1.807, 2.05) is 19.2 Å².